The van der Waals surface area contributed by atoms with Crippen LogP contribution >= 0.6 is 0 Å². The van der Waals surface area contributed by atoms with Crippen molar-refractivity contribution >= 4 is 32.3 Å². The standard InChI is InChI=1S/C24H18N2/c1-15-22-19-11-5-3-9-17(19)18-10-4-6-12-20(18)23(22)16(2)26-24(15)21-13-7-8-14-25-21/h3-14H,1-2H3. The summed E-state index contributed by atoms with van der Waals surface area (Å²) in [6, 6.07) is 23.3. The lowest BCUT2D eigenvalue weighted by Crippen LogP contribution is -1.97. The zero-order valence-electron chi connectivity index (χ0n) is 14.8. The maximum Gasteiger partial charge on any atom is 0.0925 e. The number of rotatable bonds is 1. The first kappa shape index (κ1) is 15.0. The van der Waals surface area contributed by atoms with Gasteiger partial charge in [0.2, 0.25) is 0 Å². The molecule has 26 heavy (non-hydrogen) atoms. The number of benzene rings is 3. The minimum absolute atomic E-state index is 0.923. The van der Waals surface area contributed by atoms with Gasteiger partial charge in [0.15, 0.2) is 0 Å². The highest BCUT2D eigenvalue weighted by atomic mass is 14.8. The molecule has 0 radical (unpaired) electrons. The lowest BCUT2D eigenvalue weighted by molar-refractivity contribution is 1.18. The van der Waals surface area contributed by atoms with Gasteiger partial charge in [-0.1, -0.05) is 54.6 Å². The molecule has 0 spiro atoms. The zero-order valence-corrected chi connectivity index (χ0v) is 14.8. The maximum absolute atomic E-state index is 4.97. The quantitative estimate of drug-likeness (QED) is 0.340. The van der Waals surface area contributed by atoms with Crippen LogP contribution in [0.5, 0.6) is 0 Å². The van der Waals surface area contributed by atoms with Crippen LogP contribution in [0.2, 0.25) is 0 Å². The van der Waals surface area contributed by atoms with Crippen LogP contribution in [0.3, 0.4) is 0 Å². The normalized spacial score (nSPS) is 11.5. The van der Waals surface area contributed by atoms with E-state index in [0.717, 1.165) is 17.1 Å². The van der Waals surface area contributed by atoms with Crippen molar-refractivity contribution in [3.05, 3.63) is 84.2 Å². The minimum atomic E-state index is 0.923. The second kappa shape index (κ2) is 5.63. The molecule has 2 heteroatoms. The summed E-state index contributed by atoms with van der Waals surface area (Å²) in [6.07, 6.45) is 1.83. The molecule has 0 atom stereocenters. The molecule has 5 aromatic rings. The van der Waals surface area contributed by atoms with Gasteiger partial charge >= 0.3 is 0 Å². The molecule has 2 aromatic heterocycles. The van der Waals surface area contributed by atoms with E-state index in [1.807, 2.05) is 24.4 Å². The van der Waals surface area contributed by atoms with E-state index in [1.165, 1.54) is 37.9 Å². The van der Waals surface area contributed by atoms with Gasteiger partial charge in [0.05, 0.1) is 11.4 Å². The average Bonchev–Trinajstić information content (AvgIpc) is 2.70. The maximum atomic E-state index is 4.97. The molecule has 0 aliphatic carbocycles. The average molecular weight is 334 g/mol. The number of hydrogen-bond donors (Lipinski definition) is 0. The highest BCUT2D eigenvalue weighted by Gasteiger charge is 2.16. The van der Waals surface area contributed by atoms with E-state index in [4.69, 9.17) is 4.98 Å². The molecule has 2 heterocycles. The van der Waals surface area contributed by atoms with Gasteiger partial charge in [-0.3, -0.25) is 9.97 Å². The molecular formula is C24H18N2. The fourth-order valence-electron chi connectivity index (χ4n) is 4.08. The summed E-state index contributed by atoms with van der Waals surface area (Å²) in [7, 11) is 0. The fraction of sp³-hybridized carbons (Fsp3) is 0.0833. The van der Waals surface area contributed by atoms with E-state index >= 15 is 0 Å². The Morgan fingerprint density at radius 2 is 1.19 bits per heavy atom. The van der Waals surface area contributed by atoms with Crippen molar-refractivity contribution in [2.24, 2.45) is 0 Å². The molecule has 2 nitrogen and oxygen atoms in total. The summed E-state index contributed by atoms with van der Waals surface area (Å²) < 4.78 is 0. The van der Waals surface area contributed by atoms with Gasteiger partial charge in [-0.2, -0.15) is 0 Å². The molecular weight excluding hydrogens is 316 g/mol. The smallest absolute Gasteiger partial charge is 0.0925 e. The van der Waals surface area contributed by atoms with Crippen molar-refractivity contribution in [1.82, 2.24) is 9.97 Å². The van der Waals surface area contributed by atoms with Gasteiger partial charge < -0.3 is 0 Å². The van der Waals surface area contributed by atoms with Crippen LogP contribution < -0.4 is 0 Å². The molecule has 0 unspecified atom stereocenters. The van der Waals surface area contributed by atoms with Crippen molar-refractivity contribution in [1.29, 1.82) is 0 Å². The highest BCUT2D eigenvalue weighted by Crippen LogP contribution is 2.39. The molecule has 5 rings (SSSR count). The summed E-state index contributed by atoms with van der Waals surface area (Å²) in [6.45, 7) is 4.27. The summed E-state index contributed by atoms with van der Waals surface area (Å²) in [5.74, 6) is 0. The van der Waals surface area contributed by atoms with Crippen LogP contribution in [0.15, 0.2) is 72.9 Å². The third-order valence-electron chi connectivity index (χ3n) is 5.21. The lowest BCUT2D eigenvalue weighted by Gasteiger charge is -2.16. The van der Waals surface area contributed by atoms with E-state index in [0.29, 0.717) is 0 Å². The number of pyridine rings is 2. The van der Waals surface area contributed by atoms with E-state index in [-0.39, 0.29) is 0 Å². The minimum Gasteiger partial charge on any atom is -0.255 e. The largest absolute Gasteiger partial charge is 0.255 e. The van der Waals surface area contributed by atoms with Crippen LogP contribution in [-0.4, -0.2) is 9.97 Å². The molecule has 0 amide bonds. The summed E-state index contributed by atoms with van der Waals surface area (Å²) in [5, 5.41) is 7.65. The van der Waals surface area contributed by atoms with Gasteiger partial charge in [0.1, 0.15) is 0 Å². The van der Waals surface area contributed by atoms with Crippen LogP contribution in [0.4, 0.5) is 0 Å². The Morgan fingerprint density at radius 3 is 1.81 bits per heavy atom. The van der Waals surface area contributed by atoms with Crippen molar-refractivity contribution in [2.75, 3.05) is 0 Å². The predicted molar refractivity (Wildman–Crippen MR) is 109 cm³/mol. The zero-order chi connectivity index (χ0) is 17.7. The lowest BCUT2D eigenvalue weighted by atomic mass is 9.90. The first-order valence-corrected chi connectivity index (χ1v) is 8.87. The van der Waals surface area contributed by atoms with Crippen LogP contribution in [0.1, 0.15) is 11.3 Å². The monoisotopic (exact) mass is 334 g/mol. The number of aromatic nitrogens is 2. The molecule has 0 saturated heterocycles. The van der Waals surface area contributed by atoms with E-state index < -0.39 is 0 Å². The van der Waals surface area contributed by atoms with Gasteiger partial charge in [0.25, 0.3) is 0 Å². The van der Waals surface area contributed by atoms with Crippen molar-refractivity contribution in [3.8, 4) is 11.4 Å². The van der Waals surface area contributed by atoms with Crippen molar-refractivity contribution < 1.29 is 0 Å². The molecule has 124 valence electrons. The van der Waals surface area contributed by atoms with Crippen LogP contribution in [0, 0.1) is 13.8 Å². The summed E-state index contributed by atoms with van der Waals surface area (Å²) >= 11 is 0. The van der Waals surface area contributed by atoms with Gasteiger partial charge in [-0.15, -0.1) is 0 Å². The van der Waals surface area contributed by atoms with Crippen molar-refractivity contribution in [3.63, 3.8) is 0 Å². The van der Waals surface area contributed by atoms with Crippen LogP contribution in [0.25, 0.3) is 43.7 Å². The number of hydrogen-bond acceptors (Lipinski definition) is 2. The molecule has 0 N–H and O–H groups in total. The first-order valence-electron chi connectivity index (χ1n) is 8.87. The third kappa shape index (κ3) is 2.05. The Bertz CT molecular complexity index is 1290. The molecule has 0 fully saturated rings. The van der Waals surface area contributed by atoms with Gasteiger partial charge in [-0.05, 0) is 58.5 Å². The second-order valence-corrected chi connectivity index (χ2v) is 6.73. The Morgan fingerprint density at radius 1 is 0.615 bits per heavy atom. The SMILES string of the molecule is Cc1nc(-c2ccccn2)c(C)c2c3ccccc3c3ccccc3c12. The highest BCUT2D eigenvalue weighted by molar-refractivity contribution is 6.27. The molecule has 0 aliphatic rings. The fourth-order valence-corrected chi connectivity index (χ4v) is 4.08. The molecule has 0 aliphatic heterocycles. The van der Waals surface area contributed by atoms with E-state index in [2.05, 4.69) is 67.4 Å². The first-order chi connectivity index (χ1) is 12.8. The second-order valence-electron chi connectivity index (χ2n) is 6.73. The molecule has 3 aromatic carbocycles. The Hall–Kier alpha value is -3.26. The van der Waals surface area contributed by atoms with Gasteiger partial charge in [-0.25, -0.2) is 0 Å². The van der Waals surface area contributed by atoms with E-state index in [1.54, 1.807) is 0 Å². The Balaban J connectivity index is 2.07. The van der Waals surface area contributed by atoms with Gasteiger partial charge in [0, 0.05) is 17.3 Å². The number of fused-ring (bicyclic) bond motifs is 6. The Kier molecular flexibility index (Phi) is 3.26. The molecule has 0 bridgehead atoms. The van der Waals surface area contributed by atoms with Crippen molar-refractivity contribution in [2.45, 2.75) is 13.8 Å². The summed E-state index contributed by atoms with van der Waals surface area (Å²) in [5.41, 5.74) is 4.13. The predicted octanol–water partition coefficient (Wildman–Crippen LogP) is 6.22. The molecule has 0 saturated carbocycles. The van der Waals surface area contributed by atoms with E-state index in [9.17, 15) is 0 Å². The third-order valence-corrected chi connectivity index (χ3v) is 5.21. The Labute approximate surface area is 152 Å². The number of nitrogens with zero attached hydrogens (tertiary/aromatic N) is 2. The number of aryl methyl sites for hydroxylation is 2. The van der Waals surface area contributed by atoms with Crippen LogP contribution in [-0.2, 0) is 0 Å². The summed E-state index contributed by atoms with van der Waals surface area (Å²) in [4.78, 5) is 9.50. The topological polar surface area (TPSA) is 25.8 Å².